The Kier molecular flexibility index (Phi) is 2.28. The van der Waals surface area contributed by atoms with Crippen LogP contribution in [0.4, 0.5) is 0 Å². The predicted octanol–water partition coefficient (Wildman–Crippen LogP) is 1.19. The first-order chi connectivity index (χ1) is 5.31. The zero-order valence-corrected chi connectivity index (χ0v) is 6.26. The molecule has 0 fully saturated rings. The Labute approximate surface area is 66.7 Å². The molecule has 0 aliphatic rings. The first-order valence-electron chi connectivity index (χ1n) is 2.81. The van der Waals surface area contributed by atoms with E-state index in [-0.39, 0.29) is 5.56 Å². The third-order valence-corrected chi connectivity index (χ3v) is 2.16. The standard InChI is InChI=1S/C7H4O3S/c8-2-5-1-6(3-9)11-7(5)4-10/h1-4H. The Bertz CT molecular complexity index is 275. The van der Waals surface area contributed by atoms with E-state index in [0.717, 1.165) is 11.3 Å². The molecule has 0 saturated carbocycles. The van der Waals surface area contributed by atoms with Crippen LogP contribution in [0.2, 0.25) is 0 Å². The highest BCUT2D eigenvalue weighted by molar-refractivity contribution is 7.15. The minimum absolute atomic E-state index is 0.284. The average molecular weight is 168 g/mol. The molecule has 1 aromatic heterocycles. The number of hydrogen-bond acceptors (Lipinski definition) is 4. The summed E-state index contributed by atoms with van der Waals surface area (Å²) in [5.41, 5.74) is 0.284. The van der Waals surface area contributed by atoms with E-state index < -0.39 is 0 Å². The van der Waals surface area contributed by atoms with Gasteiger partial charge in [-0.25, -0.2) is 0 Å². The smallest absolute Gasteiger partial charge is 0.160 e. The largest absolute Gasteiger partial charge is 0.298 e. The Hall–Kier alpha value is -1.29. The number of thiophene rings is 1. The summed E-state index contributed by atoms with van der Waals surface area (Å²) in [7, 11) is 0. The van der Waals surface area contributed by atoms with Gasteiger partial charge in [-0.1, -0.05) is 0 Å². The normalized spacial score (nSPS) is 9.09. The van der Waals surface area contributed by atoms with Crippen LogP contribution in [0.5, 0.6) is 0 Å². The molecule has 56 valence electrons. The zero-order chi connectivity index (χ0) is 8.27. The maximum absolute atomic E-state index is 10.3. The fourth-order valence-corrected chi connectivity index (χ4v) is 1.44. The van der Waals surface area contributed by atoms with E-state index in [4.69, 9.17) is 0 Å². The Morgan fingerprint density at radius 3 is 2.18 bits per heavy atom. The zero-order valence-electron chi connectivity index (χ0n) is 5.44. The molecule has 4 heteroatoms. The molecule has 1 rings (SSSR count). The van der Waals surface area contributed by atoms with Gasteiger partial charge in [-0.3, -0.25) is 14.4 Å². The van der Waals surface area contributed by atoms with E-state index in [0.29, 0.717) is 28.6 Å². The van der Waals surface area contributed by atoms with Gasteiger partial charge in [0.25, 0.3) is 0 Å². The first kappa shape index (κ1) is 7.81. The van der Waals surface area contributed by atoms with Crippen molar-refractivity contribution in [3.63, 3.8) is 0 Å². The van der Waals surface area contributed by atoms with Crippen molar-refractivity contribution in [2.75, 3.05) is 0 Å². The van der Waals surface area contributed by atoms with E-state index in [1.807, 2.05) is 0 Å². The molecule has 0 amide bonds. The van der Waals surface area contributed by atoms with Crippen molar-refractivity contribution in [3.05, 3.63) is 21.4 Å². The Balaban J connectivity index is 3.21. The summed E-state index contributed by atoms with van der Waals surface area (Å²) < 4.78 is 0. The molecular weight excluding hydrogens is 164 g/mol. The highest BCUT2D eigenvalue weighted by atomic mass is 32.1. The number of carbonyl (C=O) groups is 3. The van der Waals surface area contributed by atoms with Gasteiger partial charge in [0.1, 0.15) is 0 Å². The number of rotatable bonds is 3. The molecule has 1 aromatic rings. The number of carbonyl (C=O) groups excluding carboxylic acids is 3. The minimum atomic E-state index is 0.284. The molecule has 1 heterocycles. The van der Waals surface area contributed by atoms with Crippen LogP contribution in [0.15, 0.2) is 6.07 Å². The highest BCUT2D eigenvalue weighted by Gasteiger charge is 2.05. The molecule has 0 aliphatic heterocycles. The van der Waals surface area contributed by atoms with Gasteiger partial charge in [-0.2, -0.15) is 0 Å². The fourth-order valence-electron chi connectivity index (χ4n) is 0.682. The maximum Gasteiger partial charge on any atom is 0.160 e. The molecule has 0 N–H and O–H groups in total. The van der Waals surface area contributed by atoms with Crippen LogP contribution in [0.25, 0.3) is 0 Å². The minimum Gasteiger partial charge on any atom is -0.298 e. The fraction of sp³-hybridized carbons (Fsp3) is 0. The Morgan fingerprint density at radius 1 is 1.09 bits per heavy atom. The second-order valence-electron chi connectivity index (χ2n) is 1.82. The lowest BCUT2D eigenvalue weighted by Gasteiger charge is -1.78. The van der Waals surface area contributed by atoms with Crippen LogP contribution in [-0.2, 0) is 0 Å². The molecule has 0 aromatic carbocycles. The lowest BCUT2D eigenvalue weighted by Crippen LogP contribution is -1.79. The van der Waals surface area contributed by atoms with Gasteiger partial charge in [-0.05, 0) is 6.07 Å². The molecule has 0 radical (unpaired) electrons. The quantitative estimate of drug-likeness (QED) is 0.637. The summed E-state index contributed by atoms with van der Waals surface area (Å²) in [5.74, 6) is 0. The molecule has 0 spiro atoms. The van der Waals surface area contributed by atoms with Crippen molar-refractivity contribution >= 4 is 30.2 Å². The highest BCUT2D eigenvalue weighted by Crippen LogP contribution is 2.17. The van der Waals surface area contributed by atoms with Gasteiger partial charge in [0, 0.05) is 5.56 Å². The summed E-state index contributed by atoms with van der Waals surface area (Å²) >= 11 is 1.02. The lowest BCUT2D eigenvalue weighted by molar-refractivity contribution is 0.109. The van der Waals surface area contributed by atoms with Crippen LogP contribution < -0.4 is 0 Å². The third-order valence-electron chi connectivity index (χ3n) is 1.16. The predicted molar refractivity (Wildman–Crippen MR) is 40.5 cm³/mol. The SMILES string of the molecule is O=Cc1cc(C=O)c(C=O)s1. The first-order valence-corrected chi connectivity index (χ1v) is 3.63. The maximum atomic E-state index is 10.3. The van der Waals surface area contributed by atoms with Gasteiger partial charge in [0.15, 0.2) is 18.9 Å². The van der Waals surface area contributed by atoms with E-state index in [9.17, 15) is 14.4 Å². The molecule has 0 bridgehead atoms. The van der Waals surface area contributed by atoms with Crippen molar-refractivity contribution in [3.8, 4) is 0 Å². The van der Waals surface area contributed by atoms with Gasteiger partial charge < -0.3 is 0 Å². The van der Waals surface area contributed by atoms with E-state index in [1.54, 1.807) is 0 Å². The Morgan fingerprint density at radius 2 is 1.82 bits per heavy atom. The number of aldehydes is 3. The van der Waals surface area contributed by atoms with E-state index in [1.165, 1.54) is 6.07 Å². The van der Waals surface area contributed by atoms with Crippen molar-refractivity contribution < 1.29 is 14.4 Å². The summed E-state index contributed by atoms with van der Waals surface area (Å²) in [4.78, 5) is 31.4. The van der Waals surface area contributed by atoms with Crippen molar-refractivity contribution in [1.29, 1.82) is 0 Å². The van der Waals surface area contributed by atoms with E-state index in [2.05, 4.69) is 0 Å². The number of hydrogen-bond donors (Lipinski definition) is 0. The molecule has 11 heavy (non-hydrogen) atoms. The monoisotopic (exact) mass is 168 g/mol. The van der Waals surface area contributed by atoms with Crippen LogP contribution in [0, 0.1) is 0 Å². The van der Waals surface area contributed by atoms with Crippen molar-refractivity contribution in [2.24, 2.45) is 0 Å². The molecular formula is C7H4O3S. The van der Waals surface area contributed by atoms with Gasteiger partial charge in [-0.15, -0.1) is 11.3 Å². The molecule has 0 aliphatic carbocycles. The lowest BCUT2D eigenvalue weighted by atomic mass is 10.3. The summed E-state index contributed by atoms with van der Waals surface area (Å²) in [6, 6.07) is 1.40. The molecule has 0 saturated heterocycles. The third kappa shape index (κ3) is 1.40. The summed E-state index contributed by atoms with van der Waals surface area (Å²) in [5, 5.41) is 0. The van der Waals surface area contributed by atoms with Crippen LogP contribution in [-0.4, -0.2) is 18.9 Å². The van der Waals surface area contributed by atoms with Crippen LogP contribution in [0.3, 0.4) is 0 Å². The molecule has 3 nitrogen and oxygen atoms in total. The van der Waals surface area contributed by atoms with Crippen LogP contribution >= 0.6 is 11.3 Å². The van der Waals surface area contributed by atoms with Gasteiger partial charge in [0.05, 0.1) is 9.75 Å². The summed E-state index contributed by atoms with van der Waals surface area (Å²) in [6.45, 7) is 0. The second-order valence-corrected chi connectivity index (χ2v) is 2.94. The average Bonchev–Trinajstić information content (AvgIpc) is 2.46. The summed E-state index contributed by atoms with van der Waals surface area (Å²) in [6.07, 6.45) is 1.75. The molecule has 0 unspecified atom stereocenters. The van der Waals surface area contributed by atoms with Gasteiger partial charge >= 0.3 is 0 Å². The van der Waals surface area contributed by atoms with Crippen molar-refractivity contribution in [1.82, 2.24) is 0 Å². The topological polar surface area (TPSA) is 51.2 Å². The van der Waals surface area contributed by atoms with Gasteiger partial charge in [0.2, 0.25) is 0 Å². The van der Waals surface area contributed by atoms with Crippen LogP contribution in [0.1, 0.15) is 29.7 Å². The van der Waals surface area contributed by atoms with E-state index >= 15 is 0 Å². The molecule has 0 atom stereocenters. The van der Waals surface area contributed by atoms with Crippen molar-refractivity contribution in [2.45, 2.75) is 0 Å². The second kappa shape index (κ2) is 3.21.